The second-order valence-corrected chi connectivity index (χ2v) is 8.57. The van der Waals surface area contributed by atoms with Gasteiger partial charge >= 0.3 is 0 Å². The van der Waals surface area contributed by atoms with Crippen LogP contribution in [0, 0.1) is 13.8 Å². The number of aromatic nitrogens is 1. The Morgan fingerprint density at radius 2 is 1.58 bits per heavy atom. The predicted octanol–water partition coefficient (Wildman–Crippen LogP) is 4.03. The fourth-order valence-corrected chi connectivity index (χ4v) is 4.73. The van der Waals surface area contributed by atoms with E-state index in [9.17, 15) is 9.59 Å². The van der Waals surface area contributed by atoms with Crippen molar-refractivity contribution in [1.29, 1.82) is 0 Å². The van der Waals surface area contributed by atoms with Crippen LogP contribution in [0.25, 0.3) is 10.6 Å². The Bertz CT molecular complexity index is 1100. The van der Waals surface area contributed by atoms with E-state index >= 15 is 0 Å². The van der Waals surface area contributed by atoms with Crippen molar-refractivity contribution in [3.63, 3.8) is 0 Å². The Morgan fingerprint density at radius 3 is 2.23 bits per heavy atom. The highest BCUT2D eigenvalue weighted by Gasteiger charge is 2.28. The van der Waals surface area contributed by atoms with Gasteiger partial charge in [-0.15, -0.1) is 11.3 Å². The van der Waals surface area contributed by atoms with Gasteiger partial charge in [0.25, 0.3) is 11.8 Å². The SMILES string of the molecule is COc1cc(C(=O)N2CCN(C(=O)c3sc(-c4ccccc4)nc3C)CC2)ccc1C. The Kier molecular flexibility index (Phi) is 6.04. The van der Waals surface area contributed by atoms with Gasteiger partial charge in [-0.2, -0.15) is 0 Å². The first-order valence-electron chi connectivity index (χ1n) is 10.2. The number of ether oxygens (including phenoxy) is 1. The van der Waals surface area contributed by atoms with E-state index < -0.39 is 0 Å². The van der Waals surface area contributed by atoms with Gasteiger partial charge in [0.15, 0.2) is 0 Å². The van der Waals surface area contributed by atoms with Crippen LogP contribution in [0.3, 0.4) is 0 Å². The van der Waals surface area contributed by atoms with Gasteiger partial charge in [0.1, 0.15) is 15.6 Å². The number of hydrogen-bond acceptors (Lipinski definition) is 5. The van der Waals surface area contributed by atoms with Crippen LogP contribution in [-0.2, 0) is 0 Å². The molecule has 0 aliphatic carbocycles. The Balaban J connectivity index is 1.43. The molecule has 0 saturated carbocycles. The minimum atomic E-state index is -0.0364. The van der Waals surface area contributed by atoms with Crippen LogP contribution in [0.2, 0.25) is 0 Å². The lowest BCUT2D eigenvalue weighted by atomic mass is 10.1. The molecular formula is C24H25N3O3S. The molecule has 2 amide bonds. The predicted molar refractivity (Wildman–Crippen MR) is 122 cm³/mol. The quantitative estimate of drug-likeness (QED) is 0.621. The van der Waals surface area contributed by atoms with Gasteiger partial charge in [-0.1, -0.05) is 36.4 Å². The number of benzene rings is 2. The van der Waals surface area contributed by atoms with Crippen LogP contribution in [0.4, 0.5) is 0 Å². The van der Waals surface area contributed by atoms with Gasteiger partial charge in [0.05, 0.1) is 12.8 Å². The van der Waals surface area contributed by atoms with Crippen LogP contribution >= 0.6 is 11.3 Å². The number of rotatable bonds is 4. The molecule has 0 unspecified atom stereocenters. The van der Waals surface area contributed by atoms with Gasteiger partial charge in [-0.05, 0) is 31.5 Å². The van der Waals surface area contributed by atoms with Crippen molar-refractivity contribution in [2.45, 2.75) is 13.8 Å². The first-order chi connectivity index (χ1) is 15.0. The number of amides is 2. The first kappa shape index (κ1) is 21.1. The standard InChI is InChI=1S/C24H25N3O3S/c1-16-9-10-19(15-20(16)30-3)23(28)26-11-13-27(14-12-26)24(29)21-17(2)25-22(31-21)18-7-5-4-6-8-18/h4-10,15H,11-14H2,1-3H3. The van der Waals surface area contributed by atoms with Crippen molar-refractivity contribution < 1.29 is 14.3 Å². The van der Waals surface area contributed by atoms with Gasteiger partial charge in [0.2, 0.25) is 0 Å². The average Bonchev–Trinajstić information content (AvgIpc) is 3.20. The van der Waals surface area contributed by atoms with E-state index in [4.69, 9.17) is 4.74 Å². The van der Waals surface area contributed by atoms with Crippen LogP contribution in [0.5, 0.6) is 5.75 Å². The summed E-state index contributed by atoms with van der Waals surface area (Å²) in [4.78, 5) is 34.9. The number of thiazole rings is 1. The largest absolute Gasteiger partial charge is 0.496 e. The highest BCUT2D eigenvalue weighted by Crippen LogP contribution is 2.29. The zero-order chi connectivity index (χ0) is 22.0. The maximum absolute atomic E-state index is 13.1. The van der Waals surface area contributed by atoms with Crippen LogP contribution < -0.4 is 4.74 Å². The number of piperazine rings is 1. The summed E-state index contributed by atoms with van der Waals surface area (Å²) in [6.45, 7) is 5.84. The van der Waals surface area contributed by atoms with E-state index in [1.54, 1.807) is 18.1 Å². The van der Waals surface area contributed by atoms with Crippen LogP contribution in [-0.4, -0.2) is 59.9 Å². The summed E-state index contributed by atoms with van der Waals surface area (Å²) >= 11 is 1.43. The zero-order valence-electron chi connectivity index (χ0n) is 17.9. The van der Waals surface area contributed by atoms with Crippen molar-refractivity contribution >= 4 is 23.2 Å². The number of methoxy groups -OCH3 is 1. The van der Waals surface area contributed by atoms with E-state index in [2.05, 4.69) is 4.98 Å². The summed E-state index contributed by atoms with van der Waals surface area (Å²) < 4.78 is 5.34. The maximum Gasteiger partial charge on any atom is 0.265 e. The third-order valence-electron chi connectivity index (χ3n) is 5.52. The van der Waals surface area contributed by atoms with Gasteiger partial charge < -0.3 is 14.5 Å². The number of nitrogens with zero attached hydrogens (tertiary/aromatic N) is 3. The zero-order valence-corrected chi connectivity index (χ0v) is 18.7. The van der Waals surface area contributed by atoms with Crippen LogP contribution in [0.1, 0.15) is 31.3 Å². The summed E-state index contributed by atoms with van der Waals surface area (Å²) in [5.74, 6) is 0.654. The van der Waals surface area contributed by atoms with E-state index in [-0.39, 0.29) is 11.8 Å². The molecule has 4 rings (SSSR count). The molecule has 1 aliphatic rings. The summed E-state index contributed by atoms with van der Waals surface area (Å²) in [5.41, 5.74) is 3.36. The Morgan fingerprint density at radius 1 is 0.935 bits per heavy atom. The monoisotopic (exact) mass is 435 g/mol. The molecule has 1 aliphatic heterocycles. The number of aryl methyl sites for hydroxylation is 2. The summed E-state index contributed by atoms with van der Waals surface area (Å²) in [6, 6.07) is 15.4. The van der Waals surface area contributed by atoms with Crippen molar-refractivity contribution in [3.8, 4) is 16.3 Å². The first-order valence-corrected chi connectivity index (χ1v) is 11.1. The number of hydrogen-bond donors (Lipinski definition) is 0. The molecule has 31 heavy (non-hydrogen) atoms. The van der Waals surface area contributed by atoms with Crippen molar-refractivity contribution in [3.05, 3.63) is 70.2 Å². The van der Waals surface area contributed by atoms with E-state index in [0.717, 1.165) is 21.8 Å². The smallest absolute Gasteiger partial charge is 0.265 e. The lowest BCUT2D eigenvalue weighted by Crippen LogP contribution is -2.50. The molecular weight excluding hydrogens is 410 g/mol. The maximum atomic E-state index is 13.1. The Labute approximate surface area is 186 Å². The second-order valence-electron chi connectivity index (χ2n) is 7.57. The molecule has 7 heteroatoms. The summed E-state index contributed by atoms with van der Waals surface area (Å²) in [5, 5.41) is 0.851. The van der Waals surface area contributed by atoms with Crippen molar-refractivity contribution in [2.24, 2.45) is 0 Å². The van der Waals surface area contributed by atoms with E-state index in [1.807, 2.05) is 61.2 Å². The molecule has 160 valence electrons. The van der Waals surface area contributed by atoms with Gasteiger partial charge in [-0.25, -0.2) is 4.98 Å². The lowest BCUT2D eigenvalue weighted by molar-refractivity contribution is 0.0537. The summed E-state index contributed by atoms with van der Waals surface area (Å²) in [6.07, 6.45) is 0. The second kappa shape index (κ2) is 8.89. The number of carbonyl (C=O) groups is 2. The van der Waals surface area contributed by atoms with Gasteiger partial charge in [-0.3, -0.25) is 9.59 Å². The lowest BCUT2D eigenvalue weighted by Gasteiger charge is -2.34. The highest BCUT2D eigenvalue weighted by atomic mass is 32.1. The molecule has 0 atom stereocenters. The minimum absolute atomic E-state index is 0.0127. The molecule has 6 nitrogen and oxygen atoms in total. The molecule has 1 saturated heterocycles. The normalized spacial score (nSPS) is 13.9. The molecule has 1 aromatic heterocycles. The molecule has 0 radical (unpaired) electrons. The summed E-state index contributed by atoms with van der Waals surface area (Å²) in [7, 11) is 1.60. The molecule has 2 aromatic carbocycles. The molecule has 0 spiro atoms. The fourth-order valence-electron chi connectivity index (χ4n) is 3.69. The topological polar surface area (TPSA) is 62.7 Å². The number of carbonyl (C=O) groups excluding carboxylic acids is 2. The molecule has 1 fully saturated rings. The Hall–Kier alpha value is -3.19. The van der Waals surface area contributed by atoms with Gasteiger partial charge in [0, 0.05) is 37.3 Å². The third kappa shape index (κ3) is 4.32. The fraction of sp³-hybridized carbons (Fsp3) is 0.292. The van der Waals surface area contributed by atoms with Crippen molar-refractivity contribution in [2.75, 3.05) is 33.3 Å². The highest BCUT2D eigenvalue weighted by molar-refractivity contribution is 7.17. The van der Waals surface area contributed by atoms with E-state index in [0.29, 0.717) is 42.4 Å². The van der Waals surface area contributed by atoms with Crippen molar-refractivity contribution in [1.82, 2.24) is 14.8 Å². The minimum Gasteiger partial charge on any atom is -0.496 e. The van der Waals surface area contributed by atoms with E-state index in [1.165, 1.54) is 11.3 Å². The van der Waals surface area contributed by atoms with Crippen LogP contribution in [0.15, 0.2) is 48.5 Å². The molecule has 0 N–H and O–H groups in total. The molecule has 3 aromatic rings. The third-order valence-corrected chi connectivity index (χ3v) is 6.72. The average molecular weight is 436 g/mol. The molecule has 0 bridgehead atoms. The molecule has 2 heterocycles.